The van der Waals surface area contributed by atoms with Crippen molar-refractivity contribution in [2.75, 3.05) is 31.2 Å². The van der Waals surface area contributed by atoms with Crippen molar-refractivity contribution in [1.82, 2.24) is 14.3 Å². The van der Waals surface area contributed by atoms with Crippen LogP contribution in [-0.2, 0) is 16.1 Å². The molecule has 0 N–H and O–H groups in total. The first-order chi connectivity index (χ1) is 15.5. The highest BCUT2D eigenvalue weighted by Crippen LogP contribution is 2.34. The lowest BCUT2D eigenvalue weighted by Crippen LogP contribution is -2.38. The molecule has 0 radical (unpaired) electrons. The first-order valence-electron chi connectivity index (χ1n) is 10.2. The number of furan rings is 1. The number of carbonyl (C=O) groups excluding carboxylic acids is 1. The zero-order chi connectivity index (χ0) is 22.2. The van der Waals surface area contributed by atoms with Crippen LogP contribution in [0.4, 0.5) is 5.82 Å². The van der Waals surface area contributed by atoms with E-state index in [2.05, 4.69) is 0 Å². The maximum Gasteiger partial charge on any atom is 0.267 e. The monoisotopic (exact) mass is 468 g/mol. The predicted octanol–water partition coefficient (Wildman–Crippen LogP) is 2.83. The van der Waals surface area contributed by atoms with E-state index >= 15 is 0 Å². The third-order valence-corrected chi connectivity index (χ3v) is 6.80. The molecule has 2 fully saturated rings. The number of rotatable bonds is 4. The van der Waals surface area contributed by atoms with Crippen LogP contribution in [0.3, 0.4) is 0 Å². The van der Waals surface area contributed by atoms with Gasteiger partial charge in [0.25, 0.3) is 11.5 Å². The minimum absolute atomic E-state index is 0.225. The van der Waals surface area contributed by atoms with Crippen LogP contribution in [0.15, 0.2) is 50.8 Å². The molecule has 0 aromatic carbocycles. The Kier molecular flexibility index (Phi) is 5.58. The van der Waals surface area contributed by atoms with E-state index in [1.54, 1.807) is 30.7 Å². The first-order valence-corrected chi connectivity index (χ1v) is 11.4. The summed E-state index contributed by atoms with van der Waals surface area (Å²) >= 11 is 6.61. The number of thioether (sulfide) groups is 1. The molecule has 2 aliphatic rings. The fourth-order valence-corrected chi connectivity index (χ4v) is 5.01. The van der Waals surface area contributed by atoms with Crippen molar-refractivity contribution < 1.29 is 13.9 Å². The highest BCUT2D eigenvalue weighted by molar-refractivity contribution is 8.26. The largest absolute Gasteiger partial charge is 0.467 e. The Balaban J connectivity index is 1.60. The van der Waals surface area contributed by atoms with E-state index in [1.165, 1.54) is 21.1 Å². The topological polar surface area (TPSA) is 80.3 Å². The van der Waals surface area contributed by atoms with Gasteiger partial charge in [-0.15, -0.1) is 0 Å². The molecule has 0 unspecified atom stereocenters. The zero-order valence-corrected chi connectivity index (χ0v) is 18.9. The number of thiocarbonyl (C=S) groups is 1. The summed E-state index contributed by atoms with van der Waals surface area (Å²) in [6, 6.07) is 7.29. The van der Waals surface area contributed by atoms with E-state index in [1.807, 2.05) is 24.0 Å². The Hall–Kier alpha value is -2.95. The molecule has 5 heterocycles. The molecule has 3 aromatic rings. The summed E-state index contributed by atoms with van der Waals surface area (Å²) in [5.74, 6) is 0.946. The maximum absolute atomic E-state index is 13.5. The maximum atomic E-state index is 13.5. The molecule has 2 saturated heterocycles. The van der Waals surface area contributed by atoms with E-state index in [0.29, 0.717) is 58.3 Å². The minimum atomic E-state index is -0.252. The van der Waals surface area contributed by atoms with Gasteiger partial charge in [-0.3, -0.25) is 18.9 Å². The number of nitrogens with zero attached hydrogens (tertiary/aromatic N) is 4. The van der Waals surface area contributed by atoms with Crippen molar-refractivity contribution in [1.29, 1.82) is 0 Å². The van der Waals surface area contributed by atoms with Gasteiger partial charge in [0.05, 0.1) is 36.5 Å². The number of pyridine rings is 1. The van der Waals surface area contributed by atoms with E-state index < -0.39 is 0 Å². The number of hydrogen-bond donors (Lipinski definition) is 0. The van der Waals surface area contributed by atoms with Gasteiger partial charge in [-0.25, -0.2) is 4.98 Å². The summed E-state index contributed by atoms with van der Waals surface area (Å²) in [5, 5.41) is 0. The van der Waals surface area contributed by atoms with Crippen LogP contribution in [-0.4, -0.2) is 50.8 Å². The molecule has 5 rings (SSSR count). The molecular formula is C22H20N4O4S2. The van der Waals surface area contributed by atoms with Gasteiger partial charge in [-0.1, -0.05) is 30.0 Å². The summed E-state index contributed by atoms with van der Waals surface area (Å²) in [7, 11) is 0. The number of fused-ring (bicyclic) bond motifs is 1. The number of carbonyl (C=O) groups is 1. The SMILES string of the molecule is Cc1cccn2c(=O)c(/C=C3/SC(=S)N(Cc4ccco4)C3=O)c(N3CCOCC3)nc12. The van der Waals surface area contributed by atoms with Crippen LogP contribution in [0.25, 0.3) is 11.7 Å². The van der Waals surface area contributed by atoms with Crippen molar-refractivity contribution in [2.45, 2.75) is 13.5 Å². The second-order valence-corrected chi connectivity index (χ2v) is 9.16. The molecule has 0 saturated carbocycles. The number of hydrogen-bond acceptors (Lipinski definition) is 8. The van der Waals surface area contributed by atoms with Crippen LogP contribution >= 0.6 is 24.0 Å². The fourth-order valence-electron chi connectivity index (χ4n) is 3.77. The summed E-state index contributed by atoms with van der Waals surface area (Å²) in [6.45, 7) is 4.52. The number of morpholine rings is 1. The number of aromatic nitrogens is 2. The Bertz CT molecular complexity index is 1290. The fraction of sp³-hybridized carbons (Fsp3) is 0.273. The number of aryl methyl sites for hydroxylation is 1. The molecule has 0 atom stereocenters. The molecule has 32 heavy (non-hydrogen) atoms. The third kappa shape index (κ3) is 3.74. The third-order valence-electron chi connectivity index (χ3n) is 5.42. The van der Waals surface area contributed by atoms with E-state index in [9.17, 15) is 9.59 Å². The molecular weight excluding hydrogens is 448 g/mol. The second kappa shape index (κ2) is 8.53. The molecule has 1 amide bonds. The van der Waals surface area contributed by atoms with Crippen LogP contribution in [0.5, 0.6) is 0 Å². The lowest BCUT2D eigenvalue weighted by atomic mass is 10.2. The molecule has 8 nitrogen and oxygen atoms in total. The normalized spacial score (nSPS) is 18.3. The van der Waals surface area contributed by atoms with Crippen molar-refractivity contribution in [2.24, 2.45) is 0 Å². The van der Waals surface area contributed by atoms with Gasteiger partial charge in [-0.2, -0.15) is 0 Å². The van der Waals surface area contributed by atoms with Gasteiger partial charge in [0, 0.05) is 19.3 Å². The van der Waals surface area contributed by atoms with Gasteiger partial charge >= 0.3 is 0 Å². The summed E-state index contributed by atoms with van der Waals surface area (Å²) in [6.07, 6.45) is 4.87. The molecule has 2 aliphatic heterocycles. The Morgan fingerprint density at radius 1 is 1.22 bits per heavy atom. The first kappa shape index (κ1) is 20.9. The highest BCUT2D eigenvalue weighted by atomic mass is 32.2. The lowest BCUT2D eigenvalue weighted by molar-refractivity contribution is -0.122. The molecule has 0 spiro atoms. The van der Waals surface area contributed by atoms with Gasteiger partial charge in [0.15, 0.2) is 0 Å². The van der Waals surface area contributed by atoms with Crippen LogP contribution in [0.2, 0.25) is 0 Å². The molecule has 0 aliphatic carbocycles. The van der Waals surface area contributed by atoms with E-state index in [-0.39, 0.29) is 18.0 Å². The standard InChI is InChI=1S/C22H20N4O4S2/c1-14-4-2-6-25-18(14)23-19(24-7-10-29-11-8-24)16(20(25)27)12-17-21(28)26(22(31)32-17)13-15-5-3-9-30-15/h2-6,9,12H,7-8,10-11,13H2,1H3/b17-12+. The quantitative estimate of drug-likeness (QED) is 0.427. The average molecular weight is 469 g/mol. The van der Waals surface area contributed by atoms with Crippen molar-refractivity contribution >= 4 is 51.7 Å². The van der Waals surface area contributed by atoms with Gasteiger partial charge < -0.3 is 14.1 Å². The summed E-state index contributed by atoms with van der Waals surface area (Å²) < 4.78 is 12.8. The van der Waals surface area contributed by atoms with Crippen LogP contribution < -0.4 is 10.5 Å². The minimum Gasteiger partial charge on any atom is -0.467 e. The van der Waals surface area contributed by atoms with E-state index in [4.69, 9.17) is 26.4 Å². The Labute approximate surface area is 193 Å². The molecule has 0 bridgehead atoms. The average Bonchev–Trinajstić information content (AvgIpc) is 3.41. The Morgan fingerprint density at radius 2 is 2.03 bits per heavy atom. The zero-order valence-electron chi connectivity index (χ0n) is 17.3. The second-order valence-electron chi connectivity index (χ2n) is 7.49. The van der Waals surface area contributed by atoms with Gasteiger partial charge in [-0.05, 0) is 36.8 Å². The van der Waals surface area contributed by atoms with Gasteiger partial charge in [0.1, 0.15) is 21.5 Å². The van der Waals surface area contributed by atoms with Crippen molar-refractivity contribution in [3.8, 4) is 0 Å². The van der Waals surface area contributed by atoms with Crippen LogP contribution in [0, 0.1) is 6.92 Å². The molecule has 164 valence electrons. The van der Waals surface area contributed by atoms with Crippen LogP contribution in [0.1, 0.15) is 16.9 Å². The Morgan fingerprint density at radius 3 is 2.78 bits per heavy atom. The summed E-state index contributed by atoms with van der Waals surface area (Å²) in [4.78, 5) is 35.3. The lowest BCUT2D eigenvalue weighted by Gasteiger charge is -2.29. The number of anilines is 1. The van der Waals surface area contributed by atoms with Crippen molar-refractivity contribution in [3.05, 3.63) is 68.9 Å². The number of amides is 1. The highest BCUT2D eigenvalue weighted by Gasteiger charge is 2.33. The smallest absolute Gasteiger partial charge is 0.267 e. The number of ether oxygens (including phenoxy) is 1. The van der Waals surface area contributed by atoms with E-state index in [0.717, 1.165) is 5.56 Å². The molecule has 10 heteroatoms. The van der Waals surface area contributed by atoms with Crippen molar-refractivity contribution in [3.63, 3.8) is 0 Å². The van der Waals surface area contributed by atoms with Gasteiger partial charge in [0.2, 0.25) is 0 Å². The predicted molar refractivity (Wildman–Crippen MR) is 127 cm³/mol. The summed E-state index contributed by atoms with van der Waals surface area (Å²) in [5.41, 5.74) is 1.64. The molecule has 3 aromatic heterocycles.